The first-order chi connectivity index (χ1) is 13.4. The van der Waals surface area contributed by atoms with Crippen molar-refractivity contribution in [2.75, 3.05) is 0 Å². The number of carboxylic acid groups (broad SMARTS) is 1. The zero-order chi connectivity index (χ0) is 20.3. The van der Waals surface area contributed by atoms with Crippen LogP contribution in [-0.4, -0.2) is 31.7 Å². The van der Waals surface area contributed by atoms with Gasteiger partial charge in [-0.1, -0.05) is 5.16 Å². The summed E-state index contributed by atoms with van der Waals surface area (Å²) in [6, 6.07) is 6.66. The molecule has 146 valence electrons. The average molecular weight is 382 g/mol. The van der Waals surface area contributed by atoms with Crippen LogP contribution in [0, 0.1) is 6.92 Å². The minimum atomic E-state index is -1.03. The molecule has 0 aliphatic carbocycles. The molecule has 0 amide bonds. The van der Waals surface area contributed by atoms with Crippen LogP contribution in [0.1, 0.15) is 40.6 Å². The summed E-state index contributed by atoms with van der Waals surface area (Å²) in [4.78, 5) is 23.7. The Balaban J connectivity index is 1.66. The fourth-order valence-corrected chi connectivity index (χ4v) is 3.12. The summed E-state index contributed by atoms with van der Waals surface area (Å²) >= 11 is 0. The SMILES string of the molecule is CCn1cc(CC(=O)CCc2onc(-c3ccc(O)cc3)c2C)c(C(=O)O)c1. The molecule has 0 aliphatic rings. The van der Waals surface area contributed by atoms with Crippen LogP contribution in [0.15, 0.2) is 41.2 Å². The molecule has 3 rings (SSSR count). The predicted molar refractivity (Wildman–Crippen MR) is 102 cm³/mol. The molecule has 0 radical (unpaired) electrons. The highest BCUT2D eigenvalue weighted by molar-refractivity contribution is 5.92. The highest BCUT2D eigenvalue weighted by atomic mass is 16.5. The Kier molecular flexibility index (Phi) is 5.63. The second-order valence-electron chi connectivity index (χ2n) is 6.67. The van der Waals surface area contributed by atoms with Gasteiger partial charge in [-0.3, -0.25) is 4.79 Å². The maximum atomic E-state index is 12.4. The number of nitrogens with zero attached hydrogens (tertiary/aromatic N) is 2. The Bertz CT molecular complexity index is 998. The fourth-order valence-electron chi connectivity index (χ4n) is 3.12. The van der Waals surface area contributed by atoms with Crippen LogP contribution in [0.4, 0.5) is 0 Å². The number of ketones is 1. The molecule has 28 heavy (non-hydrogen) atoms. The number of aromatic carboxylic acids is 1. The Morgan fingerprint density at radius 1 is 1.18 bits per heavy atom. The van der Waals surface area contributed by atoms with E-state index in [0.717, 1.165) is 11.1 Å². The molecule has 0 saturated carbocycles. The maximum Gasteiger partial charge on any atom is 0.337 e. The number of aromatic hydroxyl groups is 1. The molecule has 0 aliphatic heterocycles. The second kappa shape index (κ2) is 8.12. The number of Topliss-reactive ketones (excluding diaryl/α,β-unsaturated/α-hetero) is 1. The number of carbonyl (C=O) groups excluding carboxylic acids is 1. The molecule has 0 spiro atoms. The monoisotopic (exact) mass is 382 g/mol. The average Bonchev–Trinajstić information content (AvgIpc) is 3.24. The normalized spacial score (nSPS) is 10.9. The van der Waals surface area contributed by atoms with Crippen molar-refractivity contribution >= 4 is 11.8 Å². The quantitative estimate of drug-likeness (QED) is 0.616. The molecule has 2 aromatic heterocycles. The summed E-state index contributed by atoms with van der Waals surface area (Å²) in [7, 11) is 0. The molecule has 7 nitrogen and oxygen atoms in total. The summed E-state index contributed by atoms with van der Waals surface area (Å²) in [6.45, 7) is 4.43. The highest BCUT2D eigenvalue weighted by Gasteiger charge is 2.18. The van der Waals surface area contributed by atoms with E-state index in [-0.39, 0.29) is 29.9 Å². The van der Waals surface area contributed by atoms with E-state index in [1.807, 2.05) is 13.8 Å². The van der Waals surface area contributed by atoms with Crippen molar-refractivity contribution in [1.29, 1.82) is 0 Å². The topological polar surface area (TPSA) is 106 Å². The van der Waals surface area contributed by atoms with E-state index < -0.39 is 5.97 Å². The summed E-state index contributed by atoms with van der Waals surface area (Å²) in [6.07, 6.45) is 3.97. The molecule has 2 heterocycles. The molecular formula is C21H22N2O5. The van der Waals surface area contributed by atoms with E-state index in [4.69, 9.17) is 4.52 Å². The van der Waals surface area contributed by atoms with Crippen molar-refractivity contribution in [3.05, 3.63) is 59.1 Å². The van der Waals surface area contributed by atoms with E-state index in [1.54, 1.807) is 41.2 Å². The van der Waals surface area contributed by atoms with Crippen LogP contribution in [0.5, 0.6) is 5.75 Å². The van der Waals surface area contributed by atoms with Gasteiger partial charge in [0.15, 0.2) is 0 Å². The molecule has 0 atom stereocenters. The van der Waals surface area contributed by atoms with Crippen LogP contribution < -0.4 is 0 Å². The van der Waals surface area contributed by atoms with Crippen molar-refractivity contribution in [3.63, 3.8) is 0 Å². The van der Waals surface area contributed by atoms with Gasteiger partial charge in [-0.05, 0) is 43.7 Å². The smallest absolute Gasteiger partial charge is 0.337 e. The number of aryl methyl sites for hydroxylation is 2. The number of carboxylic acids is 1. The molecular weight excluding hydrogens is 360 g/mol. The lowest BCUT2D eigenvalue weighted by Gasteiger charge is -2.01. The lowest BCUT2D eigenvalue weighted by molar-refractivity contribution is -0.118. The molecule has 2 N–H and O–H groups in total. The molecule has 0 fully saturated rings. The van der Waals surface area contributed by atoms with Gasteiger partial charge >= 0.3 is 5.97 Å². The summed E-state index contributed by atoms with van der Waals surface area (Å²) in [5.74, 6) is -0.285. The third-order valence-electron chi connectivity index (χ3n) is 4.74. The van der Waals surface area contributed by atoms with Gasteiger partial charge in [-0.15, -0.1) is 0 Å². The molecule has 0 unspecified atom stereocenters. The predicted octanol–water partition coefficient (Wildman–Crippen LogP) is 3.62. The number of phenols is 1. The van der Waals surface area contributed by atoms with E-state index >= 15 is 0 Å². The standard InChI is InChI=1S/C21H22N2O5/c1-3-23-11-15(18(12-23)21(26)27)10-17(25)8-9-19-13(2)20(22-28-19)14-4-6-16(24)7-5-14/h4-7,11-12,24H,3,8-10H2,1-2H3,(H,26,27). The van der Waals surface area contributed by atoms with E-state index in [9.17, 15) is 19.8 Å². The fraction of sp³-hybridized carbons (Fsp3) is 0.286. The van der Waals surface area contributed by atoms with Crippen molar-refractivity contribution < 1.29 is 24.3 Å². The van der Waals surface area contributed by atoms with Gasteiger partial charge in [0.25, 0.3) is 0 Å². The molecule has 0 saturated heterocycles. The Labute approximate surface area is 162 Å². The molecule has 1 aromatic carbocycles. The summed E-state index contributed by atoms with van der Waals surface area (Å²) in [5.41, 5.74) is 3.04. The van der Waals surface area contributed by atoms with Gasteiger partial charge in [-0.25, -0.2) is 4.79 Å². The van der Waals surface area contributed by atoms with Gasteiger partial charge in [-0.2, -0.15) is 0 Å². The zero-order valence-electron chi connectivity index (χ0n) is 15.8. The maximum absolute atomic E-state index is 12.4. The van der Waals surface area contributed by atoms with E-state index in [1.165, 1.54) is 0 Å². The largest absolute Gasteiger partial charge is 0.508 e. The van der Waals surface area contributed by atoms with Crippen LogP contribution in [-0.2, 0) is 24.2 Å². The first-order valence-corrected chi connectivity index (χ1v) is 9.07. The van der Waals surface area contributed by atoms with Crippen LogP contribution >= 0.6 is 0 Å². The third-order valence-corrected chi connectivity index (χ3v) is 4.74. The van der Waals surface area contributed by atoms with Crippen molar-refractivity contribution in [1.82, 2.24) is 9.72 Å². The van der Waals surface area contributed by atoms with Gasteiger partial charge in [0.1, 0.15) is 23.0 Å². The number of aromatic nitrogens is 2. The minimum absolute atomic E-state index is 0.0571. The van der Waals surface area contributed by atoms with Crippen molar-refractivity contribution in [3.8, 4) is 17.0 Å². The van der Waals surface area contributed by atoms with Crippen LogP contribution in [0.25, 0.3) is 11.3 Å². The second-order valence-corrected chi connectivity index (χ2v) is 6.67. The van der Waals surface area contributed by atoms with Gasteiger partial charge < -0.3 is 19.3 Å². The number of carbonyl (C=O) groups is 2. The number of phenolic OH excluding ortho intramolecular Hbond substituents is 1. The Morgan fingerprint density at radius 2 is 1.89 bits per heavy atom. The van der Waals surface area contributed by atoms with E-state index in [0.29, 0.717) is 30.0 Å². The summed E-state index contributed by atoms with van der Waals surface area (Å²) < 4.78 is 7.16. The lowest BCUT2D eigenvalue weighted by Crippen LogP contribution is -2.07. The van der Waals surface area contributed by atoms with Crippen LogP contribution in [0.2, 0.25) is 0 Å². The van der Waals surface area contributed by atoms with Crippen LogP contribution in [0.3, 0.4) is 0 Å². The Morgan fingerprint density at radius 3 is 2.54 bits per heavy atom. The number of rotatable bonds is 8. The molecule has 3 aromatic rings. The Hall–Kier alpha value is -3.35. The van der Waals surface area contributed by atoms with E-state index in [2.05, 4.69) is 5.16 Å². The van der Waals surface area contributed by atoms with Gasteiger partial charge in [0.2, 0.25) is 0 Å². The minimum Gasteiger partial charge on any atom is -0.508 e. The third kappa shape index (κ3) is 4.14. The molecule has 7 heteroatoms. The first-order valence-electron chi connectivity index (χ1n) is 9.07. The van der Waals surface area contributed by atoms with Gasteiger partial charge in [0, 0.05) is 49.3 Å². The first kappa shape index (κ1) is 19.4. The van der Waals surface area contributed by atoms with Crippen molar-refractivity contribution in [2.45, 2.75) is 39.7 Å². The number of hydrogen-bond donors (Lipinski definition) is 2. The lowest BCUT2D eigenvalue weighted by atomic mass is 10.0. The number of hydrogen-bond acceptors (Lipinski definition) is 5. The molecule has 0 bridgehead atoms. The summed E-state index contributed by atoms with van der Waals surface area (Å²) in [5, 5.41) is 22.8. The highest BCUT2D eigenvalue weighted by Crippen LogP contribution is 2.27. The zero-order valence-corrected chi connectivity index (χ0v) is 15.8. The number of benzene rings is 1. The van der Waals surface area contributed by atoms with Gasteiger partial charge in [0.05, 0.1) is 5.56 Å². The van der Waals surface area contributed by atoms with Crippen molar-refractivity contribution in [2.24, 2.45) is 0 Å².